The molecule has 0 spiro atoms. The van der Waals surface area contributed by atoms with Gasteiger partial charge in [0.2, 0.25) is 0 Å². The standard InChI is InChI=1S/C60H42O/c1-59(2)51-19-11-9-15-41(51)43-25-23-39(31-53(43)59)57-46-17-7-8-18-47(46)58(40-24-26-44-42-16-10-12-20-52(42)60(3,4)54(44)32-40)50-30-37(22-28-48(50)57)38-21-27-45-49-29-35-13-5-6-14-36(35)33-56(49)61-55(45)34-38/h5-34H,1-4H3. The van der Waals surface area contributed by atoms with Gasteiger partial charge >= 0.3 is 0 Å². The van der Waals surface area contributed by atoms with Crippen LogP contribution in [0.25, 0.3) is 110 Å². The van der Waals surface area contributed by atoms with E-state index in [0.29, 0.717) is 0 Å². The van der Waals surface area contributed by atoms with Gasteiger partial charge in [-0.1, -0.05) is 167 Å². The molecule has 0 saturated carbocycles. The van der Waals surface area contributed by atoms with Crippen LogP contribution in [0, 0.1) is 0 Å². The van der Waals surface area contributed by atoms with E-state index in [0.717, 1.165) is 27.5 Å². The molecule has 1 heterocycles. The number of rotatable bonds is 3. The Bertz CT molecular complexity index is 3700. The zero-order valence-corrected chi connectivity index (χ0v) is 34.7. The molecule has 288 valence electrons. The number of fused-ring (bicyclic) bond motifs is 12. The number of hydrogen-bond donors (Lipinski definition) is 0. The van der Waals surface area contributed by atoms with Crippen LogP contribution in [0.3, 0.4) is 0 Å². The zero-order valence-electron chi connectivity index (χ0n) is 34.7. The van der Waals surface area contributed by atoms with Gasteiger partial charge in [-0.25, -0.2) is 0 Å². The first-order valence-electron chi connectivity index (χ1n) is 21.6. The normalized spacial score (nSPS) is 14.5. The van der Waals surface area contributed by atoms with Gasteiger partial charge in [-0.3, -0.25) is 0 Å². The average Bonchev–Trinajstić information content (AvgIpc) is 3.85. The van der Waals surface area contributed by atoms with Crippen molar-refractivity contribution >= 4 is 54.3 Å². The number of benzene rings is 10. The summed E-state index contributed by atoms with van der Waals surface area (Å²) in [7, 11) is 0. The quantitative estimate of drug-likeness (QED) is 0.163. The molecule has 0 N–H and O–H groups in total. The molecule has 1 nitrogen and oxygen atoms in total. The minimum absolute atomic E-state index is 0.0997. The molecule has 0 amide bonds. The van der Waals surface area contributed by atoms with E-state index in [-0.39, 0.29) is 10.8 Å². The van der Waals surface area contributed by atoms with Crippen molar-refractivity contribution in [3.63, 3.8) is 0 Å². The summed E-state index contributed by atoms with van der Waals surface area (Å²) in [5.41, 5.74) is 19.9. The largest absolute Gasteiger partial charge is 0.456 e. The number of hydrogen-bond acceptors (Lipinski definition) is 1. The van der Waals surface area contributed by atoms with Crippen molar-refractivity contribution in [1.29, 1.82) is 0 Å². The summed E-state index contributed by atoms with van der Waals surface area (Å²) in [6, 6.07) is 68.2. The van der Waals surface area contributed by atoms with Crippen molar-refractivity contribution in [3.05, 3.63) is 204 Å². The Labute approximate surface area is 355 Å². The molecule has 0 radical (unpaired) electrons. The van der Waals surface area contributed by atoms with Gasteiger partial charge in [0.15, 0.2) is 0 Å². The molecular weight excluding hydrogens is 737 g/mol. The van der Waals surface area contributed by atoms with E-state index in [1.165, 1.54) is 105 Å². The highest BCUT2D eigenvalue weighted by atomic mass is 16.3. The van der Waals surface area contributed by atoms with Crippen molar-refractivity contribution in [3.8, 4) is 55.6 Å². The Kier molecular flexibility index (Phi) is 6.91. The molecule has 0 aliphatic heterocycles. The van der Waals surface area contributed by atoms with E-state index in [1.807, 2.05) is 0 Å². The van der Waals surface area contributed by atoms with E-state index in [4.69, 9.17) is 4.42 Å². The first kappa shape index (κ1) is 34.6. The summed E-state index contributed by atoms with van der Waals surface area (Å²) in [6.07, 6.45) is 0. The second kappa shape index (κ2) is 12.2. The Morgan fingerprint density at radius 1 is 0.295 bits per heavy atom. The van der Waals surface area contributed by atoms with Gasteiger partial charge in [0.1, 0.15) is 11.2 Å². The summed E-state index contributed by atoms with van der Waals surface area (Å²) in [5.74, 6) is 0. The van der Waals surface area contributed by atoms with Gasteiger partial charge in [-0.05, 0) is 153 Å². The van der Waals surface area contributed by atoms with Gasteiger partial charge in [0, 0.05) is 21.6 Å². The van der Waals surface area contributed by atoms with Gasteiger partial charge in [0.05, 0.1) is 0 Å². The molecule has 0 atom stereocenters. The number of furan rings is 1. The van der Waals surface area contributed by atoms with Gasteiger partial charge in [-0.15, -0.1) is 0 Å². The second-order valence-electron chi connectivity index (χ2n) is 18.4. The summed E-state index contributed by atoms with van der Waals surface area (Å²) < 4.78 is 6.60. The molecule has 13 rings (SSSR count). The van der Waals surface area contributed by atoms with Crippen molar-refractivity contribution in [2.24, 2.45) is 0 Å². The third kappa shape index (κ3) is 4.78. The van der Waals surface area contributed by atoms with E-state index in [2.05, 4.69) is 210 Å². The van der Waals surface area contributed by atoms with E-state index in [9.17, 15) is 0 Å². The summed E-state index contributed by atoms with van der Waals surface area (Å²) in [6.45, 7) is 9.51. The van der Waals surface area contributed by atoms with Crippen LogP contribution in [0.15, 0.2) is 186 Å². The van der Waals surface area contributed by atoms with Crippen molar-refractivity contribution in [2.75, 3.05) is 0 Å². The Balaban J connectivity index is 1.07. The van der Waals surface area contributed by atoms with Crippen LogP contribution in [-0.4, -0.2) is 0 Å². The summed E-state index contributed by atoms with van der Waals surface area (Å²) in [4.78, 5) is 0. The van der Waals surface area contributed by atoms with Crippen LogP contribution >= 0.6 is 0 Å². The van der Waals surface area contributed by atoms with Crippen LogP contribution in [0.2, 0.25) is 0 Å². The lowest BCUT2D eigenvalue weighted by Gasteiger charge is -2.24. The smallest absolute Gasteiger partial charge is 0.136 e. The molecule has 2 aliphatic rings. The molecule has 11 aromatic rings. The first-order valence-corrected chi connectivity index (χ1v) is 21.6. The van der Waals surface area contributed by atoms with Crippen molar-refractivity contribution in [2.45, 2.75) is 38.5 Å². The maximum absolute atomic E-state index is 6.60. The highest BCUT2D eigenvalue weighted by molar-refractivity contribution is 6.22. The second-order valence-corrected chi connectivity index (χ2v) is 18.4. The lowest BCUT2D eigenvalue weighted by atomic mass is 9.79. The van der Waals surface area contributed by atoms with Crippen molar-refractivity contribution in [1.82, 2.24) is 0 Å². The fourth-order valence-electron chi connectivity index (χ4n) is 11.3. The molecule has 10 aromatic carbocycles. The molecule has 0 fully saturated rings. The minimum Gasteiger partial charge on any atom is -0.456 e. The molecule has 0 unspecified atom stereocenters. The lowest BCUT2D eigenvalue weighted by Crippen LogP contribution is -2.15. The summed E-state index contributed by atoms with van der Waals surface area (Å²) in [5, 5.41) is 9.74. The third-order valence-corrected chi connectivity index (χ3v) is 14.4. The van der Waals surface area contributed by atoms with Gasteiger partial charge in [-0.2, -0.15) is 0 Å². The molecule has 0 bridgehead atoms. The van der Waals surface area contributed by atoms with E-state index in [1.54, 1.807) is 0 Å². The highest BCUT2D eigenvalue weighted by Crippen LogP contribution is 2.54. The van der Waals surface area contributed by atoms with Crippen LogP contribution in [-0.2, 0) is 10.8 Å². The maximum Gasteiger partial charge on any atom is 0.136 e. The lowest BCUT2D eigenvalue weighted by molar-refractivity contribution is 0.660. The van der Waals surface area contributed by atoms with Crippen molar-refractivity contribution < 1.29 is 4.42 Å². The SMILES string of the molecule is CC1(C)c2ccccc2-c2ccc(-c3c4ccccc4c(-c4ccc5c(c4)C(C)(C)c4ccccc4-5)c4cc(-c5ccc6c(c5)oc5cc7ccccc7cc56)ccc34)cc21. The zero-order chi connectivity index (χ0) is 40.8. The predicted octanol–water partition coefficient (Wildman–Crippen LogP) is 16.7. The van der Waals surface area contributed by atoms with E-state index < -0.39 is 0 Å². The Morgan fingerprint density at radius 2 is 0.738 bits per heavy atom. The third-order valence-electron chi connectivity index (χ3n) is 14.4. The minimum atomic E-state index is -0.110. The van der Waals surface area contributed by atoms with Crippen LogP contribution in [0.1, 0.15) is 49.9 Å². The predicted molar refractivity (Wildman–Crippen MR) is 258 cm³/mol. The first-order chi connectivity index (χ1) is 29.7. The van der Waals surface area contributed by atoms with E-state index >= 15 is 0 Å². The fraction of sp³-hybridized carbons (Fsp3) is 0.100. The average molecular weight is 779 g/mol. The molecule has 1 aromatic heterocycles. The molecule has 61 heavy (non-hydrogen) atoms. The topological polar surface area (TPSA) is 13.1 Å². The summed E-state index contributed by atoms with van der Waals surface area (Å²) >= 11 is 0. The Morgan fingerprint density at radius 3 is 1.36 bits per heavy atom. The molecule has 0 saturated heterocycles. The van der Waals surface area contributed by atoms with Crippen LogP contribution < -0.4 is 0 Å². The molecular formula is C60H42O. The monoisotopic (exact) mass is 778 g/mol. The van der Waals surface area contributed by atoms with Gasteiger partial charge < -0.3 is 4.42 Å². The molecule has 1 heteroatoms. The molecule has 2 aliphatic carbocycles. The van der Waals surface area contributed by atoms with Gasteiger partial charge in [0.25, 0.3) is 0 Å². The van der Waals surface area contributed by atoms with Crippen LogP contribution in [0.5, 0.6) is 0 Å². The maximum atomic E-state index is 6.60. The Hall–Kier alpha value is -7.22. The van der Waals surface area contributed by atoms with Crippen LogP contribution in [0.4, 0.5) is 0 Å². The fourth-order valence-corrected chi connectivity index (χ4v) is 11.3. The highest BCUT2D eigenvalue weighted by Gasteiger charge is 2.37.